The molecule has 106 valence electrons. The molecule has 2 rings (SSSR count). The van der Waals surface area contributed by atoms with E-state index < -0.39 is 0 Å². The molecule has 0 unspecified atom stereocenters. The van der Waals surface area contributed by atoms with Crippen LogP contribution in [0.1, 0.15) is 25.3 Å². The second kappa shape index (κ2) is 7.34. The van der Waals surface area contributed by atoms with Gasteiger partial charge in [0.25, 0.3) is 0 Å². The molecule has 0 spiro atoms. The van der Waals surface area contributed by atoms with Gasteiger partial charge in [-0.15, -0.1) is 0 Å². The van der Waals surface area contributed by atoms with Gasteiger partial charge in [-0.05, 0) is 47.9 Å². The smallest absolute Gasteiger partial charge is 0.119 e. The molecular weight excluding hydrogens is 314 g/mol. The number of anilines is 1. The summed E-state index contributed by atoms with van der Waals surface area (Å²) in [7, 11) is 0. The Morgan fingerprint density at radius 1 is 1.10 bits per heavy atom. The van der Waals surface area contributed by atoms with E-state index in [-0.39, 0.29) is 0 Å². The first kappa shape index (κ1) is 14.9. The highest BCUT2D eigenvalue weighted by Crippen LogP contribution is 2.20. The summed E-state index contributed by atoms with van der Waals surface area (Å²) in [5.41, 5.74) is 2.41. The fourth-order valence-electron chi connectivity index (χ4n) is 1.90. The second-order valence-electron chi connectivity index (χ2n) is 5.01. The number of nitrogens with one attached hydrogen (secondary N) is 1. The standard InChI is InChI=1S/C17H20BrNO/c1-13(2)14-4-3-5-17(12-14)20-11-10-19-16-8-6-15(18)7-9-16/h3-9,12-13,19H,10-11H2,1-2H3. The van der Waals surface area contributed by atoms with Crippen LogP contribution in [0.25, 0.3) is 0 Å². The zero-order valence-corrected chi connectivity index (χ0v) is 13.5. The van der Waals surface area contributed by atoms with Crippen LogP contribution in [0, 0.1) is 0 Å². The molecule has 0 saturated carbocycles. The molecule has 0 atom stereocenters. The summed E-state index contributed by atoms with van der Waals surface area (Å²) in [6.45, 7) is 5.81. The van der Waals surface area contributed by atoms with Gasteiger partial charge < -0.3 is 10.1 Å². The topological polar surface area (TPSA) is 21.3 Å². The van der Waals surface area contributed by atoms with E-state index >= 15 is 0 Å². The largest absolute Gasteiger partial charge is 0.492 e. The minimum atomic E-state index is 0.527. The number of rotatable bonds is 6. The van der Waals surface area contributed by atoms with E-state index in [0.29, 0.717) is 12.5 Å². The molecule has 0 aromatic heterocycles. The van der Waals surface area contributed by atoms with E-state index in [9.17, 15) is 0 Å². The van der Waals surface area contributed by atoms with Crippen molar-refractivity contribution < 1.29 is 4.74 Å². The number of benzene rings is 2. The molecule has 3 heteroatoms. The molecule has 0 aliphatic carbocycles. The van der Waals surface area contributed by atoms with Crippen LogP contribution in [-0.2, 0) is 0 Å². The number of hydrogen-bond donors (Lipinski definition) is 1. The molecule has 20 heavy (non-hydrogen) atoms. The molecule has 0 aliphatic heterocycles. The average molecular weight is 334 g/mol. The quantitative estimate of drug-likeness (QED) is 0.745. The lowest BCUT2D eigenvalue weighted by Gasteiger charge is -2.11. The van der Waals surface area contributed by atoms with Crippen molar-refractivity contribution in [2.75, 3.05) is 18.5 Å². The lowest BCUT2D eigenvalue weighted by atomic mass is 10.0. The Kier molecular flexibility index (Phi) is 5.48. The summed E-state index contributed by atoms with van der Waals surface area (Å²) in [5.74, 6) is 1.47. The molecule has 0 fully saturated rings. The van der Waals surface area contributed by atoms with Crippen LogP contribution in [0.3, 0.4) is 0 Å². The maximum atomic E-state index is 5.77. The van der Waals surface area contributed by atoms with Crippen molar-refractivity contribution in [1.29, 1.82) is 0 Å². The predicted octanol–water partition coefficient (Wildman–Crippen LogP) is 5.06. The van der Waals surface area contributed by atoms with Gasteiger partial charge in [-0.3, -0.25) is 0 Å². The Bertz CT molecular complexity index is 537. The highest BCUT2D eigenvalue weighted by Gasteiger charge is 2.00. The van der Waals surface area contributed by atoms with Crippen LogP contribution >= 0.6 is 15.9 Å². The Morgan fingerprint density at radius 2 is 1.85 bits per heavy atom. The van der Waals surface area contributed by atoms with Crippen LogP contribution in [0.2, 0.25) is 0 Å². The third-order valence-corrected chi connectivity index (χ3v) is 3.60. The van der Waals surface area contributed by atoms with Gasteiger partial charge >= 0.3 is 0 Å². The van der Waals surface area contributed by atoms with E-state index in [1.807, 2.05) is 36.4 Å². The van der Waals surface area contributed by atoms with Crippen LogP contribution < -0.4 is 10.1 Å². The highest BCUT2D eigenvalue weighted by atomic mass is 79.9. The first-order valence-corrected chi connectivity index (χ1v) is 7.66. The number of halogens is 1. The van der Waals surface area contributed by atoms with Gasteiger partial charge in [0.2, 0.25) is 0 Å². The Hall–Kier alpha value is -1.48. The summed E-state index contributed by atoms with van der Waals surface area (Å²) in [5, 5.41) is 3.33. The van der Waals surface area contributed by atoms with Crippen LogP contribution in [0.5, 0.6) is 5.75 Å². The SMILES string of the molecule is CC(C)c1cccc(OCCNc2ccc(Br)cc2)c1. The monoisotopic (exact) mass is 333 g/mol. The van der Waals surface area contributed by atoms with Gasteiger partial charge in [-0.2, -0.15) is 0 Å². The maximum absolute atomic E-state index is 5.77. The Labute approximate surface area is 129 Å². The molecular formula is C17H20BrNO. The summed E-state index contributed by atoms with van der Waals surface area (Å²) in [6.07, 6.45) is 0. The molecule has 0 saturated heterocycles. The lowest BCUT2D eigenvalue weighted by Crippen LogP contribution is -2.11. The van der Waals surface area contributed by atoms with Crippen molar-refractivity contribution in [2.45, 2.75) is 19.8 Å². The molecule has 0 amide bonds. The molecule has 2 nitrogen and oxygen atoms in total. The van der Waals surface area contributed by atoms with Crippen LogP contribution in [0.15, 0.2) is 53.0 Å². The van der Waals surface area contributed by atoms with Gasteiger partial charge in [-0.25, -0.2) is 0 Å². The summed E-state index contributed by atoms with van der Waals surface area (Å²) in [4.78, 5) is 0. The van der Waals surface area contributed by atoms with Gasteiger partial charge in [0, 0.05) is 16.7 Å². The third kappa shape index (κ3) is 4.57. The summed E-state index contributed by atoms with van der Waals surface area (Å²) >= 11 is 3.42. The lowest BCUT2D eigenvalue weighted by molar-refractivity contribution is 0.332. The molecule has 2 aromatic carbocycles. The van der Waals surface area contributed by atoms with Crippen molar-refractivity contribution in [1.82, 2.24) is 0 Å². The van der Waals surface area contributed by atoms with Gasteiger partial charge in [0.05, 0.1) is 0 Å². The predicted molar refractivity (Wildman–Crippen MR) is 88.7 cm³/mol. The first-order chi connectivity index (χ1) is 9.65. The van der Waals surface area contributed by atoms with Crippen molar-refractivity contribution in [3.63, 3.8) is 0 Å². The van der Waals surface area contributed by atoms with E-state index in [1.165, 1.54) is 5.56 Å². The normalized spacial score (nSPS) is 10.6. The van der Waals surface area contributed by atoms with Gasteiger partial charge in [-0.1, -0.05) is 41.9 Å². The second-order valence-corrected chi connectivity index (χ2v) is 5.92. The third-order valence-electron chi connectivity index (χ3n) is 3.07. The van der Waals surface area contributed by atoms with E-state index in [1.54, 1.807) is 0 Å². The van der Waals surface area contributed by atoms with E-state index in [2.05, 4.69) is 47.2 Å². The van der Waals surface area contributed by atoms with Crippen LogP contribution in [-0.4, -0.2) is 13.2 Å². The van der Waals surface area contributed by atoms with Gasteiger partial charge in [0.15, 0.2) is 0 Å². The number of ether oxygens (including phenoxy) is 1. The fourth-order valence-corrected chi connectivity index (χ4v) is 2.16. The van der Waals surface area contributed by atoms with E-state index in [0.717, 1.165) is 22.5 Å². The van der Waals surface area contributed by atoms with Crippen molar-refractivity contribution in [2.24, 2.45) is 0 Å². The Morgan fingerprint density at radius 3 is 2.55 bits per heavy atom. The average Bonchev–Trinajstić information content (AvgIpc) is 2.46. The first-order valence-electron chi connectivity index (χ1n) is 6.87. The maximum Gasteiger partial charge on any atom is 0.119 e. The fraction of sp³-hybridized carbons (Fsp3) is 0.294. The van der Waals surface area contributed by atoms with Crippen molar-refractivity contribution in [3.05, 3.63) is 58.6 Å². The van der Waals surface area contributed by atoms with E-state index in [4.69, 9.17) is 4.74 Å². The van der Waals surface area contributed by atoms with Gasteiger partial charge in [0.1, 0.15) is 12.4 Å². The number of hydrogen-bond acceptors (Lipinski definition) is 2. The molecule has 2 aromatic rings. The molecule has 1 N–H and O–H groups in total. The zero-order chi connectivity index (χ0) is 14.4. The molecule has 0 aliphatic rings. The zero-order valence-electron chi connectivity index (χ0n) is 11.9. The Balaban J connectivity index is 1.78. The molecule has 0 radical (unpaired) electrons. The van der Waals surface area contributed by atoms with Crippen molar-refractivity contribution in [3.8, 4) is 5.75 Å². The molecule has 0 bridgehead atoms. The molecule has 0 heterocycles. The minimum Gasteiger partial charge on any atom is -0.492 e. The highest BCUT2D eigenvalue weighted by molar-refractivity contribution is 9.10. The summed E-state index contributed by atoms with van der Waals surface area (Å²) < 4.78 is 6.86. The van der Waals surface area contributed by atoms with Crippen LogP contribution in [0.4, 0.5) is 5.69 Å². The minimum absolute atomic E-state index is 0.527. The van der Waals surface area contributed by atoms with Crippen molar-refractivity contribution >= 4 is 21.6 Å². The summed E-state index contributed by atoms with van der Waals surface area (Å²) in [6, 6.07) is 16.4.